The molecule has 3 N–H and O–H groups in total. The van der Waals surface area contributed by atoms with E-state index >= 15 is 0 Å². The fraction of sp³-hybridized carbons (Fsp3) is 0.391. The highest BCUT2D eigenvalue weighted by Crippen LogP contribution is 2.26. The Morgan fingerprint density at radius 3 is 2.74 bits per heavy atom. The minimum Gasteiger partial charge on any atom is -0.493 e. The Kier molecular flexibility index (Phi) is 5.25. The number of nitrogens with zero attached hydrogens (tertiary/aromatic N) is 2. The van der Waals surface area contributed by atoms with Gasteiger partial charge in [0.25, 0.3) is 0 Å². The van der Waals surface area contributed by atoms with E-state index in [1.165, 1.54) is 11.1 Å². The third-order valence-corrected chi connectivity index (χ3v) is 6.28. The van der Waals surface area contributed by atoms with Crippen molar-refractivity contribution < 1.29 is 9.53 Å². The zero-order valence-corrected chi connectivity index (χ0v) is 17.6. The van der Waals surface area contributed by atoms with Gasteiger partial charge >= 0.3 is 5.69 Å². The maximum Gasteiger partial charge on any atom is 0.323 e. The predicted octanol–water partition coefficient (Wildman–Crippen LogP) is 1.94. The first-order chi connectivity index (χ1) is 15.0. The average Bonchev–Trinajstić information content (AvgIpc) is 3.38. The van der Waals surface area contributed by atoms with Gasteiger partial charge in [-0.1, -0.05) is 12.1 Å². The van der Waals surface area contributed by atoms with Gasteiger partial charge in [-0.25, -0.2) is 4.79 Å². The fourth-order valence-corrected chi connectivity index (χ4v) is 4.43. The molecule has 0 radical (unpaired) electrons. The predicted molar refractivity (Wildman–Crippen MR) is 120 cm³/mol. The van der Waals surface area contributed by atoms with Gasteiger partial charge in [0.05, 0.1) is 23.7 Å². The van der Waals surface area contributed by atoms with Crippen molar-refractivity contribution in [2.75, 3.05) is 38.1 Å². The molecule has 1 saturated heterocycles. The zero-order valence-electron chi connectivity index (χ0n) is 17.6. The number of hydrogen-bond donors (Lipinski definition) is 3. The number of nitrogens with one attached hydrogen (secondary N) is 3. The van der Waals surface area contributed by atoms with E-state index in [1.807, 2.05) is 6.92 Å². The normalized spacial score (nSPS) is 18.0. The Morgan fingerprint density at radius 1 is 1.10 bits per heavy atom. The topological polar surface area (TPSA) is 93.5 Å². The third-order valence-electron chi connectivity index (χ3n) is 6.28. The summed E-state index contributed by atoms with van der Waals surface area (Å²) >= 11 is 0. The molecule has 3 aromatic rings. The van der Waals surface area contributed by atoms with Crippen LogP contribution in [0.2, 0.25) is 0 Å². The van der Waals surface area contributed by atoms with Crippen molar-refractivity contribution >= 4 is 22.6 Å². The number of amides is 1. The fourth-order valence-electron chi connectivity index (χ4n) is 4.43. The summed E-state index contributed by atoms with van der Waals surface area (Å²) in [5, 5.41) is 2.97. The van der Waals surface area contributed by atoms with Crippen molar-refractivity contribution in [1.29, 1.82) is 0 Å². The number of anilines is 1. The maximum absolute atomic E-state index is 12.8. The van der Waals surface area contributed by atoms with E-state index in [2.05, 4.69) is 43.3 Å². The average molecular weight is 422 g/mol. The van der Waals surface area contributed by atoms with Crippen molar-refractivity contribution in [2.24, 2.45) is 0 Å². The van der Waals surface area contributed by atoms with Crippen LogP contribution < -0.4 is 15.7 Å². The van der Waals surface area contributed by atoms with E-state index in [0.717, 1.165) is 57.0 Å². The summed E-state index contributed by atoms with van der Waals surface area (Å²) in [5.74, 6) is 0.986. The molecule has 1 amide bonds. The highest BCUT2D eigenvalue weighted by Gasteiger charge is 2.26. The Labute approximate surface area is 180 Å². The molecular weight excluding hydrogens is 394 g/mol. The van der Waals surface area contributed by atoms with Crippen LogP contribution in [0.15, 0.2) is 41.2 Å². The molecule has 0 bridgehead atoms. The van der Waals surface area contributed by atoms with E-state index in [4.69, 9.17) is 4.74 Å². The van der Waals surface area contributed by atoms with Crippen molar-refractivity contribution in [3.05, 3.63) is 58.0 Å². The van der Waals surface area contributed by atoms with Gasteiger partial charge in [0.2, 0.25) is 5.91 Å². The molecule has 31 heavy (non-hydrogen) atoms. The maximum atomic E-state index is 12.8. The van der Waals surface area contributed by atoms with Crippen LogP contribution in [0, 0.1) is 0 Å². The van der Waals surface area contributed by atoms with Gasteiger partial charge in [-0.3, -0.25) is 14.6 Å². The van der Waals surface area contributed by atoms with Crippen molar-refractivity contribution in [3.63, 3.8) is 0 Å². The van der Waals surface area contributed by atoms with E-state index in [0.29, 0.717) is 11.2 Å². The second-order valence-electron chi connectivity index (χ2n) is 8.36. The number of carbonyl (C=O) groups excluding carboxylic acids is 1. The molecule has 0 unspecified atom stereocenters. The number of carbonyl (C=O) groups is 1. The molecule has 1 aromatic heterocycles. The molecule has 3 heterocycles. The summed E-state index contributed by atoms with van der Waals surface area (Å²) in [6.07, 6.45) is 0.997. The van der Waals surface area contributed by atoms with Crippen LogP contribution in [0.25, 0.3) is 11.0 Å². The number of ether oxygens (including phenoxy) is 1. The zero-order chi connectivity index (χ0) is 21.4. The summed E-state index contributed by atoms with van der Waals surface area (Å²) < 4.78 is 5.60. The molecule has 8 nitrogen and oxygen atoms in total. The van der Waals surface area contributed by atoms with Crippen molar-refractivity contribution in [1.82, 2.24) is 19.8 Å². The Hall–Kier alpha value is -3.10. The number of imidazole rings is 1. The first-order valence-electron chi connectivity index (χ1n) is 10.8. The smallest absolute Gasteiger partial charge is 0.323 e. The van der Waals surface area contributed by atoms with Crippen LogP contribution in [-0.4, -0.2) is 64.5 Å². The number of rotatable bonds is 5. The van der Waals surface area contributed by atoms with Crippen LogP contribution >= 0.6 is 0 Å². The van der Waals surface area contributed by atoms with Gasteiger partial charge in [-0.2, -0.15) is 0 Å². The molecule has 2 aliphatic heterocycles. The van der Waals surface area contributed by atoms with Crippen LogP contribution in [0.5, 0.6) is 5.75 Å². The molecule has 0 spiro atoms. The van der Waals surface area contributed by atoms with Crippen LogP contribution in [0.3, 0.4) is 0 Å². The summed E-state index contributed by atoms with van der Waals surface area (Å²) in [4.78, 5) is 34.3. The third kappa shape index (κ3) is 4.22. The number of fused-ring (bicyclic) bond motifs is 2. The molecule has 5 rings (SSSR count). The number of piperazine rings is 1. The van der Waals surface area contributed by atoms with E-state index in [1.54, 1.807) is 18.2 Å². The lowest BCUT2D eigenvalue weighted by Crippen LogP contribution is -2.52. The Bertz CT molecular complexity index is 1160. The molecule has 0 aliphatic carbocycles. The highest BCUT2D eigenvalue weighted by atomic mass is 16.5. The molecule has 0 saturated carbocycles. The number of aromatic amines is 2. The van der Waals surface area contributed by atoms with Crippen molar-refractivity contribution in [2.45, 2.75) is 25.9 Å². The first kappa shape index (κ1) is 19.8. The summed E-state index contributed by atoms with van der Waals surface area (Å²) in [7, 11) is 0. The van der Waals surface area contributed by atoms with Crippen LogP contribution in [0.1, 0.15) is 18.1 Å². The molecule has 2 aliphatic rings. The Morgan fingerprint density at radius 2 is 1.90 bits per heavy atom. The Balaban J connectivity index is 1.15. The largest absolute Gasteiger partial charge is 0.493 e. The van der Waals surface area contributed by atoms with E-state index < -0.39 is 0 Å². The standard InChI is InChI=1S/C23H27N5O3/c1-15(22(29)24-18-3-4-19-20(13-18)26-23(30)25-19)28-9-7-27(8-10-28)14-16-2-5-21-17(12-16)6-11-31-21/h2-5,12-13,15H,6-11,14H2,1H3,(H,24,29)(H2,25,26,30)/t15-/m1/s1. The number of hydrogen-bond acceptors (Lipinski definition) is 5. The summed E-state index contributed by atoms with van der Waals surface area (Å²) in [6, 6.07) is 11.6. The lowest BCUT2D eigenvalue weighted by molar-refractivity contribution is -0.121. The lowest BCUT2D eigenvalue weighted by atomic mass is 10.1. The van der Waals surface area contributed by atoms with E-state index in [-0.39, 0.29) is 17.6 Å². The highest BCUT2D eigenvalue weighted by molar-refractivity contribution is 5.96. The van der Waals surface area contributed by atoms with Gasteiger partial charge in [-0.05, 0) is 42.3 Å². The minimum atomic E-state index is -0.252. The molecule has 162 valence electrons. The quantitative estimate of drug-likeness (QED) is 0.585. The molecule has 2 aromatic carbocycles. The minimum absolute atomic E-state index is 0.0377. The van der Waals surface area contributed by atoms with Crippen LogP contribution in [0.4, 0.5) is 5.69 Å². The molecule has 1 atom stereocenters. The summed E-state index contributed by atoms with van der Waals surface area (Å²) in [6.45, 7) is 7.23. The van der Waals surface area contributed by atoms with Crippen molar-refractivity contribution in [3.8, 4) is 5.75 Å². The number of H-pyrrole nitrogens is 2. The van der Waals surface area contributed by atoms with Crippen LogP contribution in [-0.2, 0) is 17.8 Å². The SMILES string of the molecule is C[C@H](C(=O)Nc1ccc2[nH]c(=O)[nH]c2c1)N1CCN(Cc2ccc3c(c2)CCO3)CC1. The van der Waals surface area contributed by atoms with Gasteiger partial charge < -0.3 is 20.0 Å². The molecular formula is C23H27N5O3. The second kappa shape index (κ2) is 8.20. The molecule has 1 fully saturated rings. The van der Waals surface area contributed by atoms with Gasteiger partial charge in [0.1, 0.15) is 5.75 Å². The molecule has 8 heteroatoms. The lowest BCUT2D eigenvalue weighted by Gasteiger charge is -2.37. The van der Waals surface area contributed by atoms with E-state index in [9.17, 15) is 9.59 Å². The second-order valence-corrected chi connectivity index (χ2v) is 8.36. The van der Waals surface area contributed by atoms with Gasteiger partial charge in [0, 0.05) is 44.8 Å². The van der Waals surface area contributed by atoms with Gasteiger partial charge in [-0.15, -0.1) is 0 Å². The number of aromatic nitrogens is 2. The monoisotopic (exact) mass is 421 g/mol. The van der Waals surface area contributed by atoms with Gasteiger partial charge in [0.15, 0.2) is 0 Å². The first-order valence-corrected chi connectivity index (χ1v) is 10.8. The number of benzene rings is 2. The summed E-state index contributed by atoms with van der Waals surface area (Å²) in [5.41, 5.74) is 4.46.